The predicted molar refractivity (Wildman–Crippen MR) is 70.0 cm³/mol. The maximum Gasteiger partial charge on any atom is 0.233 e. The summed E-state index contributed by atoms with van der Waals surface area (Å²) in [6.45, 7) is 5.50. The average Bonchev–Trinajstić information content (AvgIpc) is 2.13. The number of nitrogens with two attached hydrogens (primary N) is 1. The van der Waals surface area contributed by atoms with Crippen molar-refractivity contribution in [1.29, 1.82) is 0 Å². The molecule has 4 nitrogen and oxygen atoms in total. The molecule has 0 aliphatic carbocycles. The summed E-state index contributed by atoms with van der Waals surface area (Å²) in [5.74, 6) is -1.01. The van der Waals surface area contributed by atoms with Crippen LogP contribution in [0.1, 0.15) is 20.8 Å². The molecule has 0 spiro atoms. The largest absolute Gasteiger partial charge is 0.398 e. The van der Waals surface area contributed by atoms with E-state index < -0.39 is 16.6 Å². The first-order chi connectivity index (χ1) is 8.19. The van der Waals surface area contributed by atoms with Gasteiger partial charge in [-0.15, -0.1) is 0 Å². The number of rotatable bonds is 3. The molecule has 0 fully saturated rings. The van der Waals surface area contributed by atoms with Gasteiger partial charge in [0.1, 0.15) is 11.6 Å². The molecule has 0 bridgehead atoms. The third kappa shape index (κ3) is 4.44. The first-order valence-corrected chi connectivity index (χ1v) is 6.75. The number of hydrogen-bond donors (Lipinski definition) is 2. The van der Waals surface area contributed by atoms with Crippen LogP contribution in [0.15, 0.2) is 23.1 Å². The molecule has 100 valence electrons. The molecule has 18 heavy (non-hydrogen) atoms. The van der Waals surface area contributed by atoms with Gasteiger partial charge in [0.2, 0.25) is 5.91 Å². The maximum absolute atomic E-state index is 12.8. The van der Waals surface area contributed by atoms with Gasteiger partial charge in [-0.3, -0.25) is 9.00 Å². The molecule has 1 aromatic carbocycles. The van der Waals surface area contributed by atoms with E-state index >= 15 is 0 Å². The SMILES string of the molecule is CC(C)(C)NC(=O)CS(=O)c1ccc(F)cc1N. The minimum absolute atomic E-state index is 0.0943. The summed E-state index contributed by atoms with van der Waals surface area (Å²) >= 11 is 0. The Morgan fingerprint density at radius 1 is 1.44 bits per heavy atom. The lowest BCUT2D eigenvalue weighted by atomic mass is 10.1. The van der Waals surface area contributed by atoms with E-state index in [1.807, 2.05) is 20.8 Å². The highest BCUT2D eigenvalue weighted by molar-refractivity contribution is 7.86. The zero-order chi connectivity index (χ0) is 13.9. The molecule has 6 heteroatoms. The lowest BCUT2D eigenvalue weighted by molar-refractivity contribution is -0.119. The molecule has 0 aromatic heterocycles. The fourth-order valence-corrected chi connectivity index (χ4v) is 2.39. The highest BCUT2D eigenvalue weighted by Gasteiger charge is 2.18. The number of nitrogens with one attached hydrogen (secondary N) is 1. The van der Waals surface area contributed by atoms with Gasteiger partial charge in [0.05, 0.1) is 21.4 Å². The number of nitrogen functional groups attached to an aromatic ring is 1. The van der Waals surface area contributed by atoms with Crippen LogP contribution in [0.4, 0.5) is 10.1 Å². The van der Waals surface area contributed by atoms with E-state index in [2.05, 4.69) is 5.32 Å². The van der Waals surface area contributed by atoms with Crippen molar-refractivity contribution in [2.75, 3.05) is 11.5 Å². The van der Waals surface area contributed by atoms with Gasteiger partial charge in [0.25, 0.3) is 0 Å². The lowest BCUT2D eigenvalue weighted by Crippen LogP contribution is -2.42. The van der Waals surface area contributed by atoms with Gasteiger partial charge in [0.15, 0.2) is 0 Å². The fraction of sp³-hybridized carbons (Fsp3) is 0.417. The van der Waals surface area contributed by atoms with Gasteiger partial charge in [-0.05, 0) is 39.0 Å². The van der Waals surface area contributed by atoms with Gasteiger partial charge in [-0.2, -0.15) is 0 Å². The Morgan fingerprint density at radius 3 is 2.56 bits per heavy atom. The van der Waals surface area contributed by atoms with Gasteiger partial charge in [0, 0.05) is 5.54 Å². The van der Waals surface area contributed by atoms with Crippen molar-refractivity contribution in [2.45, 2.75) is 31.2 Å². The van der Waals surface area contributed by atoms with Crippen LogP contribution in [0.3, 0.4) is 0 Å². The van der Waals surface area contributed by atoms with Gasteiger partial charge >= 0.3 is 0 Å². The molecule has 1 amide bonds. The smallest absolute Gasteiger partial charge is 0.233 e. The van der Waals surface area contributed by atoms with Gasteiger partial charge in [-0.1, -0.05) is 0 Å². The monoisotopic (exact) mass is 272 g/mol. The molecule has 0 aliphatic rings. The van der Waals surface area contributed by atoms with E-state index in [1.54, 1.807) is 0 Å². The Hall–Kier alpha value is -1.43. The first kappa shape index (κ1) is 14.6. The molecule has 0 saturated carbocycles. The molecule has 0 radical (unpaired) electrons. The van der Waals surface area contributed by atoms with Crippen molar-refractivity contribution in [3.63, 3.8) is 0 Å². The summed E-state index contributed by atoms with van der Waals surface area (Å²) in [5, 5.41) is 2.70. The quantitative estimate of drug-likeness (QED) is 0.818. The molecule has 0 aliphatic heterocycles. The number of carbonyl (C=O) groups excluding carboxylic acids is 1. The number of amides is 1. The number of anilines is 1. The zero-order valence-electron chi connectivity index (χ0n) is 10.6. The summed E-state index contributed by atoms with van der Waals surface area (Å²) in [7, 11) is -1.57. The highest BCUT2D eigenvalue weighted by Crippen LogP contribution is 2.17. The average molecular weight is 272 g/mol. The normalized spacial score (nSPS) is 13.1. The van der Waals surface area contributed by atoms with Crippen LogP contribution in [-0.2, 0) is 15.6 Å². The van der Waals surface area contributed by atoms with E-state index in [0.717, 1.165) is 6.07 Å². The van der Waals surface area contributed by atoms with Gasteiger partial charge in [-0.25, -0.2) is 4.39 Å². The maximum atomic E-state index is 12.8. The Bertz CT molecular complexity index is 483. The molecule has 0 heterocycles. The Morgan fingerprint density at radius 2 is 2.06 bits per heavy atom. The molecule has 1 aromatic rings. The highest BCUT2D eigenvalue weighted by atomic mass is 32.2. The lowest BCUT2D eigenvalue weighted by Gasteiger charge is -2.20. The van der Waals surface area contributed by atoms with Crippen LogP contribution >= 0.6 is 0 Å². The van der Waals surface area contributed by atoms with E-state index in [9.17, 15) is 13.4 Å². The molecule has 1 atom stereocenters. The fourth-order valence-electron chi connectivity index (χ4n) is 1.38. The standard InChI is InChI=1S/C12H17FN2O2S/c1-12(2,3)15-11(16)7-18(17)10-5-4-8(13)6-9(10)14/h4-6H,7,14H2,1-3H3,(H,15,16). The van der Waals surface area contributed by atoms with Gasteiger partial charge < -0.3 is 11.1 Å². The molecular weight excluding hydrogens is 255 g/mol. The van der Waals surface area contributed by atoms with Crippen molar-refractivity contribution in [3.05, 3.63) is 24.0 Å². The predicted octanol–water partition coefficient (Wildman–Crippen LogP) is 1.43. The number of carbonyl (C=O) groups is 1. The van der Waals surface area contributed by atoms with Crippen LogP contribution in [0.25, 0.3) is 0 Å². The summed E-state index contributed by atoms with van der Waals surface area (Å²) in [6.07, 6.45) is 0. The summed E-state index contributed by atoms with van der Waals surface area (Å²) in [5.41, 5.74) is 5.28. The Balaban J connectivity index is 2.74. The molecule has 3 N–H and O–H groups in total. The second-order valence-corrected chi connectivity index (χ2v) is 6.39. The van der Waals surface area contributed by atoms with Crippen LogP contribution in [0.5, 0.6) is 0 Å². The van der Waals surface area contributed by atoms with E-state index in [4.69, 9.17) is 5.73 Å². The number of halogens is 1. The molecule has 0 saturated heterocycles. The van der Waals surface area contributed by atoms with Crippen LogP contribution < -0.4 is 11.1 Å². The third-order valence-electron chi connectivity index (χ3n) is 1.99. The van der Waals surface area contributed by atoms with E-state index in [1.165, 1.54) is 12.1 Å². The van der Waals surface area contributed by atoms with Crippen molar-refractivity contribution in [3.8, 4) is 0 Å². The molecule has 1 rings (SSSR count). The minimum Gasteiger partial charge on any atom is -0.398 e. The van der Waals surface area contributed by atoms with Crippen LogP contribution in [0, 0.1) is 5.82 Å². The van der Waals surface area contributed by atoms with Crippen molar-refractivity contribution in [1.82, 2.24) is 5.32 Å². The van der Waals surface area contributed by atoms with Crippen molar-refractivity contribution < 1.29 is 13.4 Å². The number of benzene rings is 1. The second kappa shape index (κ2) is 5.48. The summed E-state index contributed by atoms with van der Waals surface area (Å²) in [4.78, 5) is 11.9. The first-order valence-electron chi connectivity index (χ1n) is 5.43. The Labute approximate surface area is 108 Å². The van der Waals surface area contributed by atoms with E-state index in [0.29, 0.717) is 0 Å². The minimum atomic E-state index is -1.57. The topological polar surface area (TPSA) is 72.2 Å². The van der Waals surface area contributed by atoms with Crippen molar-refractivity contribution >= 4 is 22.4 Å². The zero-order valence-corrected chi connectivity index (χ0v) is 11.4. The third-order valence-corrected chi connectivity index (χ3v) is 3.38. The number of hydrogen-bond acceptors (Lipinski definition) is 3. The second-order valence-electron chi connectivity index (χ2n) is 4.97. The van der Waals surface area contributed by atoms with Crippen LogP contribution in [0.2, 0.25) is 0 Å². The molecule has 1 unspecified atom stereocenters. The Kier molecular flexibility index (Phi) is 4.45. The molecular formula is C12H17FN2O2S. The summed E-state index contributed by atoms with van der Waals surface area (Å²) in [6, 6.07) is 3.60. The summed E-state index contributed by atoms with van der Waals surface area (Å²) < 4.78 is 24.8. The van der Waals surface area contributed by atoms with Crippen molar-refractivity contribution in [2.24, 2.45) is 0 Å². The van der Waals surface area contributed by atoms with E-state index in [-0.39, 0.29) is 27.8 Å². The van der Waals surface area contributed by atoms with Crippen LogP contribution in [-0.4, -0.2) is 21.4 Å².